The van der Waals surface area contributed by atoms with Crippen LogP contribution in [0, 0.1) is 0 Å². The Bertz CT molecular complexity index is 108. The molecule has 0 aliphatic carbocycles. The molecule has 0 fully saturated rings. The van der Waals surface area contributed by atoms with Gasteiger partial charge in [-0.1, -0.05) is 0 Å². The topological polar surface area (TPSA) is 74.6 Å². The molecule has 0 rings (SSSR count). The fraction of sp³-hybridized carbons (Fsp3) is 0. The molecule has 8 heteroatoms. The molecule has 0 bridgehead atoms. The van der Waals surface area contributed by atoms with E-state index in [0.717, 1.165) is 9.83 Å². The van der Waals surface area contributed by atoms with Gasteiger partial charge in [-0.15, -0.1) is 0 Å². The third kappa shape index (κ3) is 8.63. The van der Waals surface area contributed by atoms with Gasteiger partial charge in [0.25, 0.3) is 0 Å². The fourth-order valence-electron chi connectivity index (χ4n) is 0.0668. The Morgan fingerprint density at radius 1 is 1.56 bits per heavy atom. The Kier molecular flexibility index (Phi) is 5.80. The van der Waals surface area contributed by atoms with E-state index in [-0.39, 0.29) is 0 Å². The normalized spacial score (nSPS) is 13.0. The van der Waals surface area contributed by atoms with Gasteiger partial charge in [-0.3, -0.25) is 4.55 Å². The summed E-state index contributed by atoms with van der Waals surface area (Å²) < 4.78 is 17.9. The summed E-state index contributed by atoms with van der Waals surface area (Å²) in [6, 6.07) is 0. The van der Waals surface area contributed by atoms with Crippen LogP contribution in [0.1, 0.15) is 0 Å². The van der Waals surface area contributed by atoms with Gasteiger partial charge in [0.1, 0.15) is 0 Å². The van der Waals surface area contributed by atoms with E-state index in [1.165, 1.54) is 0 Å². The first-order valence-electron chi connectivity index (χ1n) is 1.48. The van der Waals surface area contributed by atoms with Gasteiger partial charge in [-0.05, 0) is 0 Å². The molecular weight excluding hydrogens is 204 g/mol. The van der Waals surface area contributed by atoms with Gasteiger partial charge < -0.3 is 5.11 Å². The van der Waals surface area contributed by atoms with Crippen LogP contribution in [0.25, 0.3) is 0 Å². The van der Waals surface area contributed by atoms with Crippen molar-refractivity contribution >= 4 is 45.9 Å². The van der Waals surface area contributed by atoms with E-state index in [1.54, 1.807) is 0 Å². The Labute approximate surface area is 64.6 Å². The average Bonchev–Trinajstić information content (AvgIpc) is 1.63. The van der Waals surface area contributed by atoms with Crippen molar-refractivity contribution in [3.63, 3.8) is 0 Å². The van der Waals surface area contributed by atoms with Crippen molar-refractivity contribution in [2.45, 2.75) is 0 Å². The van der Waals surface area contributed by atoms with Gasteiger partial charge >= 0.3 is 5.30 Å². The number of carbonyl (C=O) groups is 1. The van der Waals surface area contributed by atoms with E-state index in [0.29, 0.717) is 20.6 Å². The van der Waals surface area contributed by atoms with Crippen LogP contribution in [0.3, 0.4) is 0 Å². The van der Waals surface area contributed by atoms with Crippen molar-refractivity contribution in [1.82, 2.24) is 0 Å². The van der Waals surface area contributed by atoms with Gasteiger partial charge in [0.15, 0.2) is 0 Å². The zero-order chi connectivity index (χ0) is 7.28. The highest BCUT2D eigenvalue weighted by Crippen LogP contribution is 2.36. The number of hydrogen-bond acceptors (Lipinski definition) is 5. The molecule has 0 saturated carbocycles. The van der Waals surface area contributed by atoms with E-state index in [2.05, 4.69) is 0 Å². The van der Waals surface area contributed by atoms with Gasteiger partial charge in [0.2, 0.25) is 10.1 Å². The van der Waals surface area contributed by atoms with Crippen LogP contribution in [0.5, 0.6) is 0 Å². The molecule has 0 aromatic rings. The van der Waals surface area contributed by atoms with Crippen LogP contribution in [0.2, 0.25) is 0 Å². The number of carboxylic acid groups (broad SMARTS) is 1. The molecule has 0 saturated heterocycles. The van der Waals surface area contributed by atoms with Crippen LogP contribution in [0.4, 0.5) is 4.79 Å². The van der Waals surface area contributed by atoms with Gasteiger partial charge in [-0.25, -0.2) is 9.00 Å². The minimum absolute atomic E-state index is 0.503. The summed E-state index contributed by atoms with van der Waals surface area (Å²) in [5, 5.41) is 6.90. The van der Waals surface area contributed by atoms with Crippen LogP contribution in [-0.4, -0.2) is 19.2 Å². The minimum atomic E-state index is -1.99. The molecule has 0 radical (unpaired) electrons. The standard InChI is InChI=1S/CH2O4S4/c2-1(3)6-7-8-9(4)5/h(H,2,3)(H,4,5). The molecule has 1 atom stereocenters. The van der Waals surface area contributed by atoms with Gasteiger partial charge in [0, 0.05) is 30.4 Å². The maximum Gasteiger partial charge on any atom is 0.376 e. The molecular formula is CH2O4S4. The minimum Gasteiger partial charge on any atom is -0.472 e. The highest BCUT2D eigenvalue weighted by molar-refractivity contribution is 9.24. The van der Waals surface area contributed by atoms with E-state index in [9.17, 15) is 9.00 Å². The van der Waals surface area contributed by atoms with Crippen molar-refractivity contribution in [3.05, 3.63) is 0 Å². The molecule has 4 nitrogen and oxygen atoms in total. The first-order chi connectivity index (χ1) is 4.13. The van der Waals surface area contributed by atoms with E-state index < -0.39 is 15.4 Å². The highest BCUT2D eigenvalue weighted by Gasteiger charge is 2.00. The van der Waals surface area contributed by atoms with E-state index >= 15 is 0 Å². The summed E-state index contributed by atoms with van der Waals surface area (Å²) >= 11 is 0. The van der Waals surface area contributed by atoms with Crippen molar-refractivity contribution in [2.24, 2.45) is 0 Å². The predicted octanol–water partition coefficient (Wildman–Crippen LogP) is 1.83. The van der Waals surface area contributed by atoms with Gasteiger partial charge in [0.05, 0.1) is 0 Å². The van der Waals surface area contributed by atoms with Crippen LogP contribution >= 0.6 is 30.4 Å². The van der Waals surface area contributed by atoms with Crippen molar-refractivity contribution < 1.29 is 18.7 Å². The van der Waals surface area contributed by atoms with Crippen molar-refractivity contribution in [3.8, 4) is 0 Å². The van der Waals surface area contributed by atoms with Crippen molar-refractivity contribution in [1.29, 1.82) is 0 Å². The highest BCUT2D eigenvalue weighted by atomic mass is 33.7. The lowest BCUT2D eigenvalue weighted by Crippen LogP contribution is -1.76. The Morgan fingerprint density at radius 2 is 2.11 bits per heavy atom. The van der Waals surface area contributed by atoms with E-state index in [1.807, 2.05) is 0 Å². The Morgan fingerprint density at radius 3 is 2.44 bits per heavy atom. The van der Waals surface area contributed by atoms with Crippen LogP contribution in [-0.2, 0) is 10.1 Å². The molecule has 0 aromatic carbocycles. The molecule has 2 N–H and O–H groups in total. The third-order valence-electron chi connectivity index (χ3n) is 0.191. The summed E-state index contributed by atoms with van der Waals surface area (Å²) in [5.41, 5.74) is 0. The summed E-state index contributed by atoms with van der Waals surface area (Å²) in [7, 11) is -0.144. The summed E-state index contributed by atoms with van der Waals surface area (Å²) in [4.78, 5) is 9.73. The maximum atomic E-state index is 9.83. The van der Waals surface area contributed by atoms with Gasteiger partial charge in [-0.2, -0.15) is 0 Å². The van der Waals surface area contributed by atoms with Crippen LogP contribution in [0.15, 0.2) is 0 Å². The second-order valence-electron chi connectivity index (χ2n) is 0.702. The molecule has 1 unspecified atom stereocenters. The molecule has 0 aliphatic heterocycles. The molecule has 0 aromatic heterocycles. The summed E-state index contributed by atoms with van der Waals surface area (Å²) in [5.74, 6) is 0. The molecule has 0 amide bonds. The number of hydrogen-bond donors (Lipinski definition) is 2. The molecule has 9 heavy (non-hydrogen) atoms. The second-order valence-corrected chi connectivity index (χ2v) is 6.55. The van der Waals surface area contributed by atoms with Crippen molar-refractivity contribution in [2.75, 3.05) is 0 Å². The number of rotatable bonds is 3. The summed E-state index contributed by atoms with van der Waals surface area (Å²) in [6.45, 7) is 0. The third-order valence-corrected chi connectivity index (χ3v) is 5.38. The SMILES string of the molecule is O=C(O)SSSS(=O)O. The lowest BCUT2D eigenvalue weighted by molar-refractivity contribution is 0.222. The fourth-order valence-corrected chi connectivity index (χ4v) is 3.84. The lowest BCUT2D eigenvalue weighted by Gasteiger charge is -1.87. The summed E-state index contributed by atoms with van der Waals surface area (Å²) in [6.07, 6.45) is 0. The van der Waals surface area contributed by atoms with E-state index in [4.69, 9.17) is 9.66 Å². The lowest BCUT2D eigenvalue weighted by atomic mass is 11.6. The molecule has 0 aliphatic rings. The Balaban J connectivity index is 3.10. The molecule has 0 heterocycles. The predicted molar refractivity (Wildman–Crippen MR) is 41.6 cm³/mol. The smallest absolute Gasteiger partial charge is 0.376 e. The second kappa shape index (κ2) is 5.42. The zero-order valence-electron chi connectivity index (χ0n) is 3.84. The average molecular weight is 206 g/mol. The first kappa shape index (κ1) is 9.63. The largest absolute Gasteiger partial charge is 0.472 e. The monoisotopic (exact) mass is 206 g/mol. The van der Waals surface area contributed by atoms with Crippen LogP contribution < -0.4 is 0 Å². The first-order valence-corrected chi connectivity index (χ1v) is 6.59. The maximum absolute atomic E-state index is 9.83. The Hall–Kier alpha value is 0.630. The quantitative estimate of drug-likeness (QED) is 0.539. The zero-order valence-corrected chi connectivity index (χ0v) is 7.11. The molecule has 0 spiro atoms. The molecule has 54 valence electrons.